The van der Waals surface area contributed by atoms with E-state index in [0.29, 0.717) is 17.6 Å². The normalized spacial score (nSPS) is 12.2. The third-order valence-electron chi connectivity index (χ3n) is 16.3. The molecule has 0 radical (unpaired) electrons. The third kappa shape index (κ3) is 9.99. The van der Waals surface area contributed by atoms with Crippen LogP contribution >= 0.6 is 0 Å². The largest absolute Gasteiger partial charge is 0.310 e. The zero-order valence-electron chi connectivity index (χ0n) is 48.9. The number of hydrogen-bond donors (Lipinski definition) is 0. The summed E-state index contributed by atoms with van der Waals surface area (Å²) >= 11 is 0. The zero-order chi connectivity index (χ0) is 57.2. The number of nitrogens with zero attached hydrogens (tertiary/aromatic N) is 6. The van der Waals surface area contributed by atoms with Gasteiger partial charge >= 0.3 is 0 Å². The number of para-hydroxylation sites is 3. The van der Waals surface area contributed by atoms with E-state index in [1.54, 1.807) is 0 Å². The highest BCUT2D eigenvalue weighted by molar-refractivity contribution is 6.09. The molecule has 2 heterocycles. The number of anilines is 6. The second kappa shape index (κ2) is 20.7. The Hall–Kier alpha value is -9.65. The van der Waals surface area contributed by atoms with E-state index in [0.717, 1.165) is 89.0 Å². The van der Waals surface area contributed by atoms with E-state index in [9.17, 15) is 0 Å². The van der Waals surface area contributed by atoms with Gasteiger partial charge in [-0.1, -0.05) is 220 Å². The Balaban J connectivity index is 1.07. The molecule has 0 bridgehead atoms. The van der Waals surface area contributed by atoms with Crippen LogP contribution in [0.4, 0.5) is 34.1 Å². The van der Waals surface area contributed by atoms with Crippen LogP contribution in [0.5, 0.6) is 0 Å². The second-order valence-electron chi connectivity index (χ2n) is 25.0. The summed E-state index contributed by atoms with van der Waals surface area (Å²) in [5.41, 5.74) is 15.8. The Labute approximate surface area is 488 Å². The van der Waals surface area contributed by atoms with Crippen molar-refractivity contribution in [2.45, 2.75) is 78.6 Å². The van der Waals surface area contributed by atoms with Crippen LogP contribution in [0.3, 0.4) is 0 Å². The average molecular weight is 1080 g/mol. The summed E-state index contributed by atoms with van der Waals surface area (Å²) in [6.07, 6.45) is 0. The zero-order valence-corrected chi connectivity index (χ0v) is 48.9. The maximum Gasteiger partial charge on any atom is 0.238 e. The predicted molar refractivity (Wildman–Crippen MR) is 351 cm³/mol. The van der Waals surface area contributed by atoms with E-state index in [4.69, 9.17) is 15.0 Å². The minimum atomic E-state index is -0.246. The predicted octanol–water partition coefficient (Wildman–Crippen LogP) is 21.1. The maximum atomic E-state index is 5.42. The lowest BCUT2D eigenvalue weighted by atomic mass is 9.83. The van der Waals surface area contributed by atoms with E-state index in [1.165, 1.54) is 27.5 Å². The number of fused-ring (bicyclic) bond motifs is 5. The Morgan fingerprint density at radius 3 is 1.30 bits per heavy atom. The van der Waals surface area contributed by atoms with Crippen LogP contribution in [-0.4, -0.2) is 19.5 Å². The first-order chi connectivity index (χ1) is 40.0. The fraction of sp³-hybridized carbons (Fsp3) is 0.156. The smallest absolute Gasteiger partial charge is 0.238 e. The van der Waals surface area contributed by atoms with E-state index in [1.807, 2.05) is 0 Å². The van der Waals surface area contributed by atoms with Crippen molar-refractivity contribution in [1.82, 2.24) is 19.5 Å². The SMILES string of the molecule is CC(C)(C)c1ccc(N(c2ccccc2)c2cc(C(C)(C)C)cc(N(c3ccc(-c4nc(-c5cccc6ccccc56)nc(-n5c6ccccc6c6ccccc65)n4)cc3)c3ccc(C(C)(C)C)cc3)c2-c2ccc3ccccc3c2)cc1. The van der Waals surface area contributed by atoms with Gasteiger partial charge in [-0.05, 0) is 151 Å². The van der Waals surface area contributed by atoms with Crippen molar-refractivity contribution in [3.05, 3.63) is 265 Å². The lowest BCUT2D eigenvalue weighted by Crippen LogP contribution is -2.20. The minimum Gasteiger partial charge on any atom is -0.310 e. The van der Waals surface area contributed by atoms with Gasteiger partial charge < -0.3 is 9.80 Å². The highest BCUT2D eigenvalue weighted by Crippen LogP contribution is 2.52. The molecule has 0 fully saturated rings. The van der Waals surface area contributed by atoms with Crippen molar-refractivity contribution in [3.8, 4) is 39.9 Å². The summed E-state index contributed by atoms with van der Waals surface area (Å²) in [5, 5.41) is 6.85. The second-order valence-corrected chi connectivity index (χ2v) is 25.0. The first-order valence-electron chi connectivity index (χ1n) is 28.9. The molecule has 0 atom stereocenters. The first kappa shape index (κ1) is 52.7. The fourth-order valence-corrected chi connectivity index (χ4v) is 11.7. The van der Waals surface area contributed by atoms with Crippen LogP contribution < -0.4 is 9.80 Å². The molecule has 2 aromatic heterocycles. The van der Waals surface area contributed by atoms with Gasteiger partial charge in [0.05, 0.1) is 22.4 Å². The number of benzene rings is 11. The van der Waals surface area contributed by atoms with Crippen molar-refractivity contribution in [1.29, 1.82) is 0 Å². The number of hydrogen-bond acceptors (Lipinski definition) is 5. The molecule has 6 nitrogen and oxygen atoms in total. The van der Waals surface area contributed by atoms with Crippen molar-refractivity contribution in [2.24, 2.45) is 0 Å². The van der Waals surface area contributed by atoms with Crippen LogP contribution in [0.1, 0.15) is 79.0 Å². The molecule has 0 saturated heterocycles. The first-order valence-corrected chi connectivity index (χ1v) is 28.9. The van der Waals surface area contributed by atoms with Crippen molar-refractivity contribution in [3.63, 3.8) is 0 Å². The molecular weight excluding hydrogens is 1010 g/mol. The molecule has 11 aromatic carbocycles. The van der Waals surface area contributed by atoms with Crippen LogP contribution in [0, 0.1) is 0 Å². The van der Waals surface area contributed by atoms with Gasteiger partial charge in [0.1, 0.15) is 0 Å². The lowest BCUT2D eigenvalue weighted by molar-refractivity contribution is 0.589. The fourth-order valence-electron chi connectivity index (χ4n) is 11.7. The molecule has 0 aliphatic heterocycles. The summed E-state index contributed by atoms with van der Waals surface area (Å²) < 4.78 is 2.19. The van der Waals surface area contributed by atoms with E-state index in [2.05, 4.69) is 325 Å². The summed E-state index contributed by atoms with van der Waals surface area (Å²) in [7, 11) is 0. The quantitative estimate of drug-likeness (QED) is 0.137. The van der Waals surface area contributed by atoms with E-state index >= 15 is 0 Å². The van der Waals surface area contributed by atoms with Crippen molar-refractivity contribution >= 4 is 77.5 Å². The highest BCUT2D eigenvalue weighted by atomic mass is 15.2. The van der Waals surface area contributed by atoms with Crippen LogP contribution in [0.15, 0.2) is 249 Å². The van der Waals surface area contributed by atoms with Crippen molar-refractivity contribution < 1.29 is 0 Å². The van der Waals surface area contributed by atoms with Gasteiger partial charge in [0.25, 0.3) is 0 Å². The summed E-state index contributed by atoms with van der Waals surface area (Å²) in [5.74, 6) is 1.75. The number of rotatable bonds is 10. The summed E-state index contributed by atoms with van der Waals surface area (Å²) in [6, 6.07) is 90.4. The third-order valence-corrected chi connectivity index (χ3v) is 16.3. The van der Waals surface area contributed by atoms with Crippen LogP contribution in [0.25, 0.3) is 83.2 Å². The van der Waals surface area contributed by atoms with Crippen molar-refractivity contribution in [2.75, 3.05) is 9.80 Å². The standard InChI is InChI=1S/C77H68N6/c1-75(2,3)56-38-44-61(45-39-56)81(59-26-11-10-12-27-59)69-49-58(77(7,8)9)50-70(71(69)55-35-34-51-22-13-14-24-54(51)48-55)82(62-46-40-57(41-47-62)76(4,5)6)60-42-36-53(37-43-60)72-78-73(66-31-21-25-52-23-15-16-28-63(52)66)80-74(79-72)83-67-32-19-17-29-64(67)65-30-18-20-33-68(65)83/h10-50H,1-9H3. The highest BCUT2D eigenvalue weighted by Gasteiger charge is 2.30. The molecule has 0 N–H and O–H groups in total. The van der Waals surface area contributed by atoms with E-state index < -0.39 is 0 Å². The Bertz CT molecular complexity index is 4480. The van der Waals surface area contributed by atoms with Crippen LogP contribution in [0.2, 0.25) is 0 Å². The molecule has 0 saturated carbocycles. The monoisotopic (exact) mass is 1080 g/mol. The molecule has 13 rings (SSSR count). The molecule has 6 heteroatoms. The molecule has 13 aromatic rings. The number of aromatic nitrogens is 4. The molecule has 0 unspecified atom stereocenters. The molecule has 0 spiro atoms. The topological polar surface area (TPSA) is 50.1 Å². The lowest BCUT2D eigenvalue weighted by Gasteiger charge is -2.36. The Kier molecular flexibility index (Phi) is 13.2. The molecule has 83 heavy (non-hydrogen) atoms. The molecular formula is C77H68N6. The summed E-state index contributed by atoms with van der Waals surface area (Å²) in [6.45, 7) is 20.6. The van der Waals surface area contributed by atoms with Gasteiger partial charge in [-0.15, -0.1) is 0 Å². The van der Waals surface area contributed by atoms with Crippen LogP contribution in [-0.2, 0) is 16.2 Å². The molecule has 406 valence electrons. The molecule has 0 aliphatic carbocycles. The minimum absolute atomic E-state index is 0.0124. The Morgan fingerprint density at radius 2 is 0.747 bits per heavy atom. The maximum absolute atomic E-state index is 5.42. The van der Waals surface area contributed by atoms with Gasteiger partial charge in [0, 0.05) is 50.2 Å². The van der Waals surface area contributed by atoms with Gasteiger partial charge in [-0.3, -0.25) is 4.57 Å². The van der Waals surface area contributed by atoms with E-state index in [-0.39, 0.29) is 16.2 Å². The molecule has 0 aliphatic rings. The average Bonchev–Trinajstić information content (AvgIpc) is 2.51. The molecule has 0 amide bonds. The Morgan fingerprint density at radius 1 is 0.313 bits per heavy atom. The van der Waals surface area contributed by atoms with Gasteiger partial charge in [-0.25, -0.2) is 4.98 Å². The summed E-state index contributed by atoms with van der Waals surface area (Å²) in [4.78, 5) is 21.1. The van der Waals surface area contributed by atoms with Gasteiger partial charge in [-0.2, -0.15) is 9.97 Å². The van der Waals surface area contributed by atoms with Gasteiger partial charge in [0.15, 0.2) is 11.6 Å². The van der Waals surface area contributed by atoms with Gasteiger partial charge in [0.2, 0.25) is 5.95 Å².